The molecule has 2 fully saturated rings. The lowest BCUT2D eigenvalue weighted by Crippen LogP contribution is -2.32. The number of methoxy groups -OCH3 is 1. The van der Waals surface area contributed by atoms with Gasteiger partial charge in [0.1, 0.15) is 5.75 Å². The molecular weight excluding hydrogens is 238 g/mol. The molecule has 0 spiro atoms. The predicted octanol–water partition coefficient (Wildman–Crippen LogP) is 2.92. The second-order valence-corrected chi connectivity index (χ2v) is 5.90. The molecule has 1 aromatic rings. The van der Waals surface area contributed by atoms with Crippen LogP contribution in [0.15, 0.2) is 24.3 Å². The first kappa shape index (κ1) is 12.5. The lowest BCUT2D eigenvalue weighted by molar-refractivity contribution is -0.125. The highest BCUT2D eigenvalue weighted by molar-refractivity contribution is 5.79. The first-order chi connectivity index (χ1) is 9.19. The van der Waals surface area contributed by atoms with Crippen molar-refractivity contribution in [3.05, 3.63) is 29.8 Å². The van der Waals surface area contributed by atoms with Crippen LogP contribution in [-0.2, 0) is 4.79 Å². The number of hydrogen-bond donors (Lipinski definition) is 1. The van der Waals surface area contributed by atoms with E-state index in [1.54, 1.807) is 7.11 Å². The van der Waals surface area contributed by atoms with Gasteiger partial charge in [-0.1, -0.05) is 18.2 Å². The summed E-state index contributed by atoms with van der Waals surface area (Å²) in [4.78, 5) is 12.2. The van der Waals surface area contributed by atoms with Crippen molar-refractivity contribution in [3.63, 3.8) is 0 Å². The van der Waals surface area contributed by atoms with Gasteiger partial charge in [0.2, 0.25) is 5.91 Å². The number of carbonyl (C=O) groups excluding carboxylic acids is 1. The summed E-state index contributed by atoms with van der Waals surface area (Å²) in [5, 5.41) is 3.14. The van der Waals surface area contributed by atoms with Gasteiger partial charge in [0.15, 0.2) is 0 Å². The number of fused-ring (bicyclic) bond motifs is 1. The number of ether oxygens (including phenoxy) is 1. The molecule has 0 bridgehead atoms. The van der Waals surface area contributed by atoms with Crippen molar-refractivity contribution in [2.45, 2.75) is 32.2 Å². The maximum Gasteiger partial charge on any atom is 0.223 e. The Morgan fingerprint density at radius 3 is 2.63 bits per heavy atom. The fourth-order valence-corrected chi connectivity index (χ4v) is 3.36. The minimum Gasteiger partial charge on any atom is -0.496 e. The molecular formula is C16H21NO2. The van der Waals surface area contributed by atoms with Crippen molar-refractivity contribution < 1.29 is 9.53 Å². The summed E-state index contributed by atoms with van der Waals surface area (Å²) < 4.78 is 5.35. The van der Waals surface area contributed by atoms with Gasteiger partial charge in [-0.05, 0) is 44.1 Å². The molecule has 0 saturated heterocycles. The minimum atomic E-state index is 0.000534. The Morgan fingerprint density at radius 1 is 1.26 bits per heavy atom. The summed E-state index contributed by atoms with van der Waals surface area (Å²) in [7, 11) is 1.66. The summed E-state index contributed by atoms with van der Waals surface area (Å²) in [6.45, 7) is 2.02. The molecule has 0 radical (unpaired) electrons. The third kappa shape index (κ3) is 2.46. The predicted molar refractivity (Wildman–Crippen MR) is 73.9 cm³/mol. The van der Waals surface area contributed by atoms with Gasteiger partial charge in [-0.2, -0.15) is 0 Å². The average Bonchev–Trinajstić information content (AvgIpc) is 3.04. The van der Waals surface area contributed by atoms with E-state index in [-0.39, 0.29) is 17.9 Å². The maximum atomic E-state index is 12.2. The van der Waals surface area contributed by atoms with Gasteiger partial charge in [0.25, 0.3) is 0 Å². The molecule has 3 heteroatoms. The van der Waals surface area contributed by atoms with Crippen LogP contribution in [0.2, 0.25) is 0 Å². The van der Waals surface area contributed by atoms with Crippen molar-refractivity contribution in [2.24, 2.45) is 17.8 Å². The third-order valence-electron chi connectivity index (χ3n) is 4.58. The molecule has 0 aliphatic heterocycles. The van der Waals surface area contributed by atoms with Crippen molar-refractivity contribution in [3.8, 4) is 5.75 Å². The third-order valence-corrected chi connectivity index (χ3v) is 4.58. The van der Waals surface area contributed by atoms with Crippen molar-refractivity contribution in [1.82, 2.24) is 5.32 Å². The van der Waals surface area contributed by atoms with E-state index < -0.39 is 0 Å². The Morgan fingerprint density at radius 2 is 1.95 bits per heavy atom. The smallest absolute Gasteiger partial charge is 0.223 e. The Balaban J connectivity index is 1.63. The van der Waals surface area contributed by atoms with E-state index in [0.29, 0.717) is 0 Å². The topological polar surface area (TPSA) is 38.3 Å². The van der Waals surface area contributed by atoms with Crippen molar-refractivity contribution >= 4 is 5.91 Å². The van der Waals surface area contributed by atoms with Crippen LogP contribution in [0.3, 0.4) is 0 Å². The molecule has 2 unspecified atom stereocenters. The number of amides is 1. The molecule has 102 valence electrons. The Kier molecular flexibility index (Phi) is 3.21. The van der Waals surface area contributed by atoms with Crippen LogP contribution >= 0.6 is 0 Å². The summed E-state index contributed by atoms with van der Waals surface area (Å²) in [5.74, 6) is 2.98. The lowest BCUT2D eigenvalue weighted by Gasteiger charge is -2.20. The van der Waals surface area contributed by atoms with Crippen molar-refractivity contribution in [2.75, 3.05) is 7.11 Å². The minimum absolute atomic E-state index is 0.000534. The fourth-order valence-electron chi connectivity index (χ4n) is 3.36. The largest absolute Gasteiger partial charge is 0.496 e. The number of nitrogens with one attached hydrogen (secondary N) is 1. The normalized spacial score (nSPS) is 29.5. The molecule has 1 amide bonds. The maximum absolute atomic E-state index is 12.2. The van der Waals surface area contributed by atoms with Crippen LogP contribution in [0.5, 0.6) is 5.75 Å². The molecule has 19 heavy (non-hydrogen) atoms. The Bertz CT molecular complexity index is 475. The molecule has 1 aromatic carbocycles. The van der Waals surface area contributed by atoms with Crippen LogP contribution in [0, 0.1) is 17.8 Å². The van der Waals surface area contributed by atoms with Gasteiger partial charge in [0.05, 0.1) is 13.2 Å². The van der Waals surface area contributed by atoms with E-state index in [1.807, 2.05) is 31.2 Å². The molecule has 3 atom stereocenters. The van der Waals surface area contributed by atoms with Crippen LogP contribution in [0.1, 0.15) is 37.8 Å². The zero-order chi connectivity index (χ0) is 13.4. The quantitative estimate of drug-likeness (QED) is 0.903. The van der Waals surface area contributed by atoms with Crippen LogP contribution < -0.4 is 10.1 Å². The molecule has 0 heterocycles. The first-order valence-corrected chi connectivity index (χ1v) is 7.12. The Hall–Kier alpha value is -1.51. The highest BCUT2D eigenvalue weighted by Crippen LogP contribution is 2.54. The van der Waals surface area contributed by atoms with Gasteiger partial charge in [0, 0.05) is 11.5 Å². The van der Waals surface area contributed by atoms with Crippen LogP contribution in [-0.4, -0.2) is 13.0 Å². The molecule has 3 rings (SSSR count). The van der Waals surface area contributed by atoms with Crippen LogP contribution in [0.4, 0.5) is 0 Å². The number of para-hydroxylation sites is 1. The summed E-state index contributed by atoms with van der Waals surface area (Å²) in [6.07, 6.45) is 3.54. The fraction of sp³-hybridized carbons (Fsp3) is 0.562. The number of rotatable bonds is 4. The number of benzene rings is 1. The first-order valence-electron chi connectivity index (χ1n) is 7.12. The monoisotopic (exact) mass is 259 g/mol. The molecule has 2 saturated carbocycles. The molecule has 2 aliphatic rings. The van der Waals surface area contributed by atoms with E-state index in [4.69, 9.17) is 4.74 Å². The van der Waals surface area contributed by atoms with Gasteiger partial charge in [-0.15, -0.1) is 0 Å². The zero-order valence-electron chi connectivity index (χ0n) is 11.6. The van der Waals surface area contributed by atoms with E-state index in [0.717, 1.165) is 36.0 Å². The summed E-state index contributed by atoms with van der Waals surface area (Å²) in [6, 6.07) is 7.87. The Labute approximate surface area is 114 Å². The van der Waals surface area contributed by atoms with Crippen molar-refractivity contribution in [1.29, 1.82) is 0 Å². The summed E-state index contributed by atoms with van der Waals surface area (Å²) >= 11 is 0. The second-order valence-electron chi connectivity index (χ2n) is 5.90. The van der Waals surface area contributed by atoms with Crippen LogP contribution in [0.25, 0.3) is 0 Å². The van der Waals surface area contributed by atoms with Gasteiger partial charge in [-0.3, -0.25) is 4.79 Å². The average molecular weight is 259 g/mol. The molecule has 1 N–H and O–H groups in total. The molecule has 0 aromatic heterocycles. The zero-order valence-corrected chi connectivity index (χ0v) is 11.6. The number of carbonyl (C=O) groups is 1. The van der Waals surface area contributed by atoms with Gasteiger partial charge in [-0.25, -0.2) is 0 Å². The molecule has 3 nitrogen and oxygen atoms in total. The van der Waals surface area contributed by atoms with E-state index in [1.165, 1.54) is 6.42 Å². The van der Waals surface area contributed by atoms with E-state index in [2.05, 4.69) is 5.32 Å². The SMILES string of the molecule is COc1ccccc1[C@H](C)NC(=O)C1CC2CC2C1. The highest BCUT2D eigenvalue weighted by atomic mass is 16.5. The van der Waals surface area contributed by atoms with E-state index >= 15 is 0 Å². The number of hydrogen-bond acceptors (Lipinski definition) is 2. The highest BCUT2D eigenvalue weighted by Gasteiger charge is 2.48. The standard InChI is InChI=1S/C16H21NO2/c1-10(14-5-3-4-6-15(14)19-2)17-16(18)13-8-11-7-12(11)9-13/h3-6,10-13H,7-9H2,1-2H3,(H,17,18)/t10-,11?,12?,13?/m0/s1. The van der Waals surface area contributed by atoms with Gasteiger partial charge < -0.3 is 10.1 Å². The van der Waals surface area contributed by atoms with E-state index in [9.17, 15) is 4.79 Å². The lowest BCUT2D eigenvalue weighted by atomic mass is 10.0. The van der Waals surface area contributed by atoms with Gasteiger partial charge >= 0.3 is 0 Å². The summed E-state index contributed by atoms with van der Waals surface area (Å²) in [5.41, 5.74) is 1.04. The molecule has 2 aliphatic carbocycles. The second kappa shape index (κ2) is 4.87.